The van der Waals surface area contributed by atoms with Crippen molar-refractivity contribution in [1.82, 2.24) is 10.2 Å². The number of hydrogen-bond donors (Lipinski definition) is 2. The highest BCUT2D eigenvalue weighted by Gasteiger charge is 2.25. The molecule has 0 aromatic heterocycles. The molecule has 0 aromatic carbocycles. The number of aliphatic hydroxyl groups is 1. The number of rotatable bonds is 6. The van der Waals surface area contributed by atoms with Crippen LogP contribution in [0.25, 0.3) is 0 Å². The molecule has 3 heteroatoms. The van der Waals surface area contributed by atoms with Gasteiger partial charge in [0, 0.05) is 19.1 Å². The van der Waals surface area contributed by atoms with Crippen LogP contribution in [0, 0.1) is 5.92 Å². The fraction of sp³-hybridized carbons (Fsp3) is 1.00. The van der Waals surface area contributed by atoms with E-state index in [0.29, 0.717) is 0 Å². The zero-order chi connectivity index (χ0) is 12.3. The van der Waals surface area contributed by atoms with E-state index < -0.39 is 5.60 Å². The minimum Gasteiger partial charge on any atom is -0.390 e. The summed E-state index contributed by atoms with van der Waals surface area (Å²) in [5, 5.41) is 13.4. The molecule has 1 saturated carbocycles. The first-order valence-corrected chi connectivity index (χ1v) is 7.21. The number of likely N-dealkylation sites (tertiary alicyclic amines) is 1. The lowest BCUT2D eigenvalue weighted by Crippen LogP contribution is -2.41. The van der Waals surface area contributed by atoms with Gasteiger partial charge in [-0.15, -0.1) is 0 Å². The minimum absolute atomic E-state index is 0.515. The molecule has 2 N–H and O–H groups in total. The third-order valence-electron chi connectivity index (χ3n) is 3.92. The van der Waals surface area contributed by atoms with E-state index in [4.69, 9.17) is 0 Å². The Bertz CT molecular complexity index is 233. The lowest BCUT2D eigenvalue weighted by atomic mass is 9.96. The van der Waals surface area contributed by atoms with E-state index in [1.165, 1.54) is 45.3 Å². The van der Waals surface area contributed by atoms with Gasteiger partial charge in [0.25, 0.3) is 0 Å². The van der Waals surface area contributed by atoms with E-state index >= 15 is 0 Å². The van der Waals surface area contributed by atoms with Gasteiger partial charge in [-0.25, -0.2) is 0 Å². The SMILES string of the molecule is CC(C)(O)CCN1CCCC(CNC2CC2)C1. The van der Waals surface area contributed by atoms with Crippen LogP contribution in [-0.2, 0) is 0 Å². The Balaban J connectivity index is 1.64. The van der Waals surface area contributed by atoms with Crippen molar-refractivity contribution in [3.63, 3.8) is 0 Å². The van der Waals surface area contributed by atoms with E-state index in [-0.39, 0.29) is 0 Å². The summed E-state index contributed by atoms with van der Waals surface area (Å²) >= 11 is 0. The van der Waals surface area contributed by atoms with Crippen LogP contribution >= 0.6 is 0 Å². The van der Waals surface area contributed by atoms with Crippen molar-refractivity contribution in [2.75, 3.05) is 26.2 Å². The van der Waals surface area contributed by atoms with Gasteiger partial charge in [0.15, 0.2) is 0 Å². The highest BCUT2D eigenvalue weighted by atomic mass is 16.3. The molecule has 2 fully saturated rings. The standard InChI is InChI=1S/C14H28N2O/c1-14(2,17)7-9-16-8-3-4-12(11-16)10-15-13-5-6-13/h12-13,15,17H,3-11H2,1-2H3. The molecule has 1 heterocycles. The van der Waals surface area contributed by atoms with Gasteiger partial charge in [-0.05, 0) is 65.0 Å². The van der Waals surface area contributed by atoms with Crippen LogP contribution in [-0.4, -0.2) is 47.8 Å². The van der Waals surface area contributed by atoms with Crippen molar-refractivity contribution in [1.29, 1.82) is 0 Å². The summed E-state index contributed by atoms with van der Waals surface area (Å²) in [5.41, 5.74) is -0.515. The second-order valence-corrected chi connectivity index (χ2v) is 6.55. The fourth-order valence-corrected chi connectivity index (χ4v) is 2.57. The van der Waals surface area contributed by atoms with Crippen molar-refractivity contribution in [3.8, 4) is 0 Å². The Morgan fingerprint density at radius 2 is 2.06 bits per heavy atom. The predicted octanol–water partition coefficient (Wildman–Crippen LogP) is 1.61. The first-order chi connectivity index (χ1) is 8.03. The van der Waals surface area contributed by atoms with Crippen LogP contribution in [0.3, 0.4) is 0 Å². The monoisotopic (exact) mass is 240 g/mol. The molecule has 0 radical (unpaired) electrons. The maximum absolute atomic E-state index is 9.76. The summed E-state index contributed by atoms with van der Waals surface area (Å²) in [4.78, 5) is 2.53. The third kappa shape index (κ3) is 5.36. The van der Waals surface area contributed by atoms with Gasteiger partial charge in [-0.3, -0.25) is 0 Å². The van der Waals surface area contributed by atoms with E-state index in [2.05, 4.69) is 10.2 Å². The van der Waals surface area contributed by atoms with Gasteiger partial charge in [-0.2, -0.15) is 0 Å². The van der Waals surface area contributed by atoms with Gasteiger partial charge in [0.1, 0.15) is 0 Å². The Labute approximate surface area is 106 Å². The van der Waals surface area contributed by atoms with E-state index in [1.54, 1.807) is 0 Å². The van der Waals surface area contributed by atoms with Crippen LogP contribution in [0.4, 0.5) is 0 Å². The summed E-state index contributed by atoms with van der Waals surface area (Å²) in [6.07, 6.45) is 6.35. The van der Waals surface area contributed by atoms with Gasteiger partial charge in [-0.1, -0.05) is 0 Å². The Kier molecular flexibility index (Phi) is 4.45. The zero-order valence-electron chi connectivity index (χ0n) is 11.4. The summed E-state index contributed by atoms with van der Waals surface area (Å²) < 4.78 is 0. The summed E-state index contributed by atoms with van der Waals surface area (Å²) in [5.74, 6) is 0.825. The van der Waals surface area contributed by atoms with Crippen molar-refractivity contribution in [2.24, 2.45) is 5.92 Å². The first kappa shape index (κ1) is 13.3. The van der Waals surface area contributed by atoms with Gasteiger partial charge < -0.3 is 15.3 Å². The maximum atomic E-state index is 9.76. The molecule has 1 aliphatic heterocycles. The molecular weight excluding hydrogens is 212 g/mol. The number of hydrogen-bond acceptors (Lipinski definition) is 3. The molecule has 17 heavy (non-hydrogen) atoms. The lowest BCUT2D eigenvalue weighted by molar-refractivity contribution is 0.0505. The molecule has 2 rings (SSSR count). The van der Waals surface area contributed by atoms with Crippen LogP contribution in [0.1, 0.15) is 46.0 Å². The number of piperidine rings is 1. The fourth-order valence-electron chi connectivity index (χ4n) is 2.57. The van der Waals surface area contributed by atoms with Gasteiger partial charge in [0.05, 0.1) is 5.60 Å². The average molecular weight is 240 g/mol. The second-order valence-electron chi connectivity index (χ2n) is 6.55. The Morgan fingerprint density at radius 3 is 2.71 bits per heavy atom. The molecular formula is C14H28N2O. The van der Waals surface area contributed by atoms with Gasteiger partial charge >= 0.3 is 0 Å². The topological polar surface area (TPSA) is 35.5 Å². The summed E-state index contributed by atoms with van der Waals surface area (Å²) in [6, 6.07) is 0.835. The molecule has 0 aromatic rings. The smallest absolute Gasteiger partial charge is 0.0603 e. The largest absolute Gasteiger partial charge is 0.390 e. The van der Waals surface area contributed by atoms with Crippen molar-refractivity contribution < 1.29 is 5.11 Å². The molecule has 1 saturated heterocycles. The molecule has 0 bridgehead atoms. The molecule has 2 aliphatic rings. The zero-order valence-corrected chi connectivity index (χ0v) is 11.4. The Morgan fingerprint density at radius 1 is 1.29 bits per heavy atom. The normalized spacial score (nSPS) is 27.4. The molecule has 0 amide bonds. The molecule has 100 valence electrons. The highest BCUT2D eigenvalue weighted by Crippen LogP contribution is 2.22. The minimum atomic E-state index is -0.515. The lowest BCUT2D eigenvalue weighted by Gasteiger charge is -2.34. The third-order valence-corrected chi connectivity index (χ3v) is 3.92. The average Bonchev–Trinajstić information content (AvgIpc) is 3.07. The molecule has 1 unspecified atom stereocenters. The summed E-state index contributed by atoms with van der Waals surface area (Å²) in [6.45, 7) is 8.49. The van der Waals surface area contributed by atoms with E-state index in [9.17, 15) is 5.11 Å². The summed E-state index contributed by atoms with van der Waals surface area (Å²) in [7, 11) is 0. The van der Waals surface area contributed by atoms with Crippen LogP contribution in [0.2, 0.25) is 0 Å². The van der Waals surface area contributed by atoms with Crippen molar-refractivity contribution in [3.05, 3.63) is 0 Å². The molecule has 0 spiro atoms. The molecule has 1 aliphatic carbocycles. The highest BCUT2D eigenvalue weighted by molar-refractivity contribution is 4.84. The first-order valence-electron chi connectivity index (χ1n) is 7.21. The Hall–Kier alpha value is -0.120. The van der Waals surface area contributed by atoms with Crippen LogP contribution < -0.4 is 5.32 Å². The molecule has 3 nitrogen and oxygen atoms in total. The molecule has 1 atom stereocenters. The van der Waals surface area contributed by atoms with Crippen LogP contribution in [0.5, 0.6) is 0 Å². The van der Waals surface area contributed by atoms with Crippen LogP contribution in [0.15, 0.2) is 0 Å². The number of nitrogens with one attached hydrogen (secondary N) is 1. The quantitative estimate of drug-likeness (QED) is 0.740. The van der Waals surface area contributed by atoms with E-state index in [1.807, 2.05) is 13.8 Å². The second kappa shape index (κ2) is 5.68. The van der Waals surface area contributed by atoms with Crippen molar-refractivity contribution in [2.45, 2.75) is 57.6 Å². The van der Waals surface area contributed by atoms with E-state index in [0.717, 1.165) is 24.9 Å². The van der Waals surface area contributed by atoms with Crippen molar-refractivity contribution >= 4 is 0 Å². The van der Waals surface area contributed by atoms with Gasteiger partial charge in [0.2, 0.25) is 0 Å². The predicted molar refractivity (Wildman–Crippen MR) is 71.1 cm³/mol. The maximum Gasteiger partial charge on any atom is 0.0603 e. The number of nitrogens with zero attached hydrogens (tertiary/aromatic N) is 1.